The third-order valence-electron chi connectivity index (χ3n) is 5.29. The molecule has 4 rings (SSSR count). The molecule has 0 atom stereocenters. The molecule has 0 saturated carbocycles. The summed E-state index contributed by atoms with van der Waals surface area (Å²) in [6.07, 6.45) is 0.639. The van der Waals surface area contributed by atoms with Crippen LogP contribution in [0.4, 0.5) is 5.69 Å². The van der Waals surface area contributed by atoms with Crippen LogP contribution in [0.25, 0.3) is 0 Å². The number of rotatable bonds is 5. The van der Waals surface area contributed by atoms with Crippen LogP contribution >= 0.6 is 15.9 Å². The summed E-state index contributed by atoms with van der Waals surface area (Å²) in [4.78, 5) is 32.6. The van der Waals surface area contributed by atoms with E-state index in [0.717, 1.165) is 28.8 Å². The van der Waals surface area contributed by atoms with Crippen LogP contribution in [0.3, 0.4) is 0 Å². The van der Waals surface area contributed by atoms with Gasteiger partial charge < -0.3 is 5.32 Å². The van der Waals surface area contributed by atoms with Crippen LogP contribution in [0.1, 0.15) is 22.6 Å². The lowest BCUT2D eigenvalue weighted by atomic mass is 10.1. The lowest BCUT2D eigenvalue weighted by Crippen LogP contribution is -2.39. The maximum Gasteiger partial charge on any atom is 0.257 e. The molecule has 2 aromatic carbocycles. The first kappa shape index (κ1) is 20.5. The summed E-state index contributed by atoms with van der Waals surface area (Å²) in [7, 11) is 0. The van der Waals surface area contributed by atoms with Crippen molar-refractivity contribution < 1.29 is 4.79 Å². The third kappa shape index (κ3) is 4.52. The number of anilines is 1. The number of hydrogen-bond acceptors (Lipinski definition) is 4. The van der Waals surface area contributed by atoms with Gasteiger partial charge in [0.05, 0.1) is 11.4 Å². The number of hydrogen-bond donors (Lipinski definition) is 1. The van der Waals surface area contributed by atoms with Gasteiger partial charge in [0.2, 0.25) is 5.91 Å². The monoisotopic (exact) mass is 466 g/mol. The molecule has 1 aliphatic rings. The van der Waals surface area contributed by atoms with Gasteiger partial charge in [-0.2, -0.15) is 0 Å². The smallest absolute Gasteiger partial charge is 0.257 e. The molecule has 0 saturated heterocycles. The SMILES string of the molecule is Cc1nc2c(c(=O)n1CC(=O)Nc1ccccc1Br)CCN(Cc1ccccc1)C2. The standard InChI is InChI=1S/C23H23BrN4O2/c1-16-25-21-14-27(13-17-7-3-2-4-8-17)12-11-18(21)23(30)28(16)15-22(29)26-20-10-6-5-9-19(20)24/h2-10H,11-15H2,1H3,(H,26,29). The minimum Gasteiger partial charge on any atom is -0.324 e. The van der Waals surface area contributed by atoms with Gasteiger partial charge in [0, 0.05) is 29.7 Å². The largest absolute Gasteiger partial charge is 0.324 e. The molecule has 0 fully saturated rings. The van der Waals surface area contributed by atoms with E-state index in [0.29, 0.717) is 24.5 Å². The van der Waals surface area contributed by atoms with Crippen LogP contribution in [-0.4, -0.2) is 26.9 Å². The van der Waals surface area contributed by atoms with Gasteiger partial charge in [-0.1, -0.05) is 42.5 Å². The van der Waals surface area contributed by atoms with E-state index in [-0.39, 0.29) is 18.0 Å². The van der Waals surface area contributed by atoms with E-state index in [2.05, 4.69) is 43.3 Å². The highest BCUT2D eigenvalue weighted by Crippen LogP contribution is 2.21. The van der Waals surface area contributed by atoms with Crippen molar-refractivity contribution in [2.75, 3.05) is 11.9 Å². The molecule has 154 valence electrons. The summed E-state index contributed by atoms with van der Waals surface area (Å²) in [5.74, 6) is 0.304. The number of amides is 1. The number of fused-ring (bicyclic) bond motifs is 1. The quantitative estimate of drug-likeness (QED) is 0.624. The third-order valence-corrected chi connectivity index (χ3v) is 5.98. The Hall–Kier alpha value is -2.77. The number of aromatic nitrogens is 2. The zero-order valence-electron chi connectivity index (χ0n) is 16.8. The topological polar surface area (TPSA) is 67.2 Å². The van der Waals surface area contributed by atoms with Crippen LogP contribution in [0.5, 0.6) is 0 Å². The molecule has 0 spiro atoms. The van der Waals surface area contributed by atoms with Crippen LogP contribution < -0.4 is 10.9 Å². The second kappa shape index (κ2) is 8.93. The minimum absolute atomic E-state index is 0.0555. The molecular formula is C23H23BrN4O2. The molecule has 2 heterocycles. The Bertz CT molecular complexity index is 1130. The number of aryl methyl sites for hydroxylation is 1. The van der Waals surface area contributed by atoms with Crippen molar-refractivity contribution in [1.82, 2.24) is 14.5 Å². The van der Waals surface area contributed by atoms with Crippen molar-refractivity contribution in [1.29, 1.82) is 0 Å². The molecular weight excluding hydrogens is 444 g/mol. The highest BCUT2D eigenvalue weighted by Gasteiger charge is 2.23. The van der Waals surface area contributed by atoms with Crippen molar-refractivity contribution in [3.05, 3.63) is 92.1 Å². The number of carbonyl (C=O) groups is 1. The number of carbonyl (C=O) groups excluding carboxylic acids is 1. The van der Waals surface area contributed by atoms with Crippen LogP contribution in [0.15, 0.2) is 63.9 Å². The predicted octanol–water partition coefficient (Wildman–Crippen LogP) is 3.51. The lowest BCUT2D eigenvalue weighted by molar-refractivity contribution is -0.116. The van der Waals surface area contributed by atoms with Gasteiger partial charge in [-0.25, -0.2) is 4.98 Å². The van der Waals surface area contributed by atoms with E-state index in [1.165, 1.54) is 10.1 Å². The van der Waals surface area contributed by atoms with Gasteiger partial charge in [0.15, 0.2) is 0 Å². The van der Waals surface area contributed by atoms with E-state index < -0.39 is 0 Å². The average molecular weight is 467 g/mol. The number of benzene rings is 2. The number of nitrogens with zero attached hydrogens (tertiary/aromatic N) is 3. The van der Waals surface area contributed by atoms with E-state index in [9.17, 15) is 9.59 Å². The van der Waals surface area contributed by atoms with Crippen molar-refractivity contribution in [3.63, 3.8) is 0 Å². The fourth-order valence-electron chi connectivity index (χ4n) is 3.76. The second-order valence-corrected chi connectivity index (χ2v) is 8.30. The van der Waals surface area contributed by atoms with Gasteiger partial charge in [-0.3, -0.25) is 19.1 Å². The van der Waals surface area contributed by atoms with E-state index >= 15 is 0 Å². The summed E-state index contributed by atoms with van der Waals surface area (Å²) in [5, 5.41) is 2.85. The van der Waals surface area contributed by atoms with E-state index in [1.54, 1.807) is 6.92 Å². The summed E-state index contributed by atoms with van der Waals surface area (Å²) >= 11 is 3.42. The predicted molar refractivity (Wildman–Crippen MR) is 120 cm³/mol. The van der Waals surface area contributed by atoms with Gasteiger partial charge in [0.1, 0.15) is 12.4 Å². The molecule has 0 aliphatic carbocycles. The van der Waals surface area contributed by atoms with Crippen molar-refractivity contribution in [2.24, 2.45) is 0 Å². The summed E-state index contributed by atoms with van der Waals surface area (Å²) in [6, 6.07) is 17.7. The Labute approximate surface area is 183 Å². The number of nitrogens with one attached hydrogen (secondary N) is 1. The molecule has 1 aromatic heterocycles. The Morgan fingerprint density at radius 1 is 1.13 bits per heavy atom. The highest BCUT2D eigenvalue weighted by molar-refractivity contribution is 9.10. The molecule has 30 heavy (non-hydrogen) atoms. The van der Waals surface area contributed by atoms with Crippen LogP contribution in [0, 0.1) is 6.92 Å². The van der Waals surface area contributed by atoms with Gasteiger partial charge in [0.25, 0.3) is 5.56 Å². The summed E-state index contributed by atoms with van der Waals surface area (Å²) in [5.41, 5.74) is 3.35. The highest BCUT2D eigenvalue weighted by atomic mass is 79.9. The van der Waals surface area contributed by atoms with Gasteiger partial charge in [-0.05, 0) is 47.0 Å². The Morgan fingerprint density at radius 3 is 2.63 bits per heavy atom. The summed E-state index contributed by atoms with van der Waals surface area (Å²) in [6.45, 7) is 4.00. The van der Waals surface area contributed by atoms with E-state index in [1.807, 2.05) is 42.5 Å². The van der Waals surface area contributed by atoms with E-state index in [4.69, 9.17) is 0 Å². The van der Waals surface area contributed by atoms with Crippen molar-refractivity contribution in [2.45, 2.75) is 33.0 Å². The first-order valence-corrected chi connectivity index (χ1v) is 10.7. The number of halogens is 1. The van der Waals surface area contributed by atoms with Gasteiger partial charge in [-0.15, -0.1) is 0 Å². The van der Waals surface area contributed by atoms with Crippen LogP contribution in [-0.2, 0) is 30.8 Å². The molecule has 0 radical (unpaired) electrons. The molecule has 3 aromatic rings. The van der Waals surface area contributed by atoms with Crippen molar-refractivity contribution in [3.8, 4) is 0 Å². The molecule has 0 bridgehead atoms. The Balaban J connectivity index is 1.50. The minimum atomic E-state index is -0.254. The number of para-hydroxylation sites is 1. The molecule has 1 N–H and O–H groups in total. The Morgan fingerprint density at radius 2 is 1.87 bits per heavy atom. The normalized spacial score (nSPS) is 13.7. The first-order valence-electron chi connectivity index (χ1n) is 9.91. The maximum absolute atomic E-state index is 13.1. The molecule has 0 unspecified atom stereocenters. The molecule has 1 aliphatic heterocycles. The zero-order chi connectivity index (χ0) is 21.1. The fraction of sp³-hybridized carbons (Fsp3) is 0.261. The fourth-order valence-corrected chi connectivity index (χ4v) is 4.14. The summed E-state index contributed by atoms with van der Waals surface area (Å²) < 4.78 is 2.27. The van der Waals surface area contributed by atoms with Crippen molar-refractivity contribution >= 4 is 27.5 Å². The maximum atomic E-state index is 13.1. The lowest BCUT2D eigenvalue weighted by Gasteiger charge is -2.28. The molecule has 6 nitrogen and oxygen atoms in total. The first-order chi connectivity index (χ1) is 14.5. The average Bonchev–Trinajstić information content (AvgIpc) is 2.73. The molecule has 1 amide bonds. The second-order valence-electron chi connectivity index (χ2n) is 7.45. The van der Waals surface area contributed by atoms with Gasteiger partial charge >= 0.3 is 0 Å². The van der Waals surface area contributed by atoms with Crippen LogP contribution in [0.2, 0.25) is 0 Å². The zero-order valence-corrected chi connectivity index (χ0v) is 18.4. The Kier molecular flexibility index (Phi) is 6.11. The molecule has 7 heteroatoms.